The molecule has 2 bridgehead atoms. The van der Waals surface area contributed by atoms with Gasteiger partial charge in [0.15, 0.2) is 5.11 Å². The van der Waals surface area contributed by atoms with E-state index in [1.807, 2.05) is 6.21 Å². The monoisotopic (exact) mass is 263 g/mol. The molecule has 0 aromatic heterocycles. The van der Waals surface area contributed by atoms with E-state index in [0.717, 1.165) is 5.92 Å². The highest BCUT2D eigenvalue weighted by molar-refractivity contribution is 7.80. The fourth-order valence-corrected chi connectivity index (χ4v) is 3.05. The lowest BCUT2D eigenvalue weighted by molar-refractivity contribution is -0.00126. The number of hydrazone groups is 1. The van der Waals surface area contributed by atoms with Gasteiger partial charge in [-0.2, -0.15) is 5.10 Å². The number of nitrogens with zero attached hydrogens (tertiary/aromatic N) is 1. The van der Waals surface area contributed by atoms with E-state index in [2.05, 4.69) is 42.3 Å². The van der Waals surface area contributed by atoms with Gasteiger partial charge in [-0.25, -0.2) is 0 Å². The van der Waals surface area contributed by atoms with Gasteiger partial charge in [-0.15, -0.1) is 6.58 Å². The molecule has 0 amide bonds. The number of thiocarbonyl (C=S) groups is 1. The van der Waals surface area contributed by atoms with Gasteiger partial charge in [-0.1, -0.05) is 26.0 Å². The highest BCUT2D eigenvalue weighted by atomic mass is 32.1. The molecule has 0 heterocycles. The molecule has 0 aliphatic heterocycles. The molecule has 0 radical (unpaired) electrons. The van der Waals surface area contributed by atoms with Crippen LogP contribution in [0.2, 0.25) is 0 Å². The summed E-state index contributed by atoms with van der Waals surface area (Å²) in [6.07, 6.45) is 8.49. The fraction of sp³-hybridized carbons (Fsp3) is 0.571. The van der Waals surface area contributed by atoms with Crippen LogP contribution in [0.15, 0.2) is 29.4 Å². The molecule has 18 heavy (non-hydrogen) atoms. The maximum Gasteiger partial charge on any atom is 0.187 e. The molecular weight excluding hydrogens is 242 g/mol. The summed E-state index contributed by atoms with van der Waals surface area (Å²) in [6, 6.07) is 0. The molecule has 3 aliphatic carbocycles. The molecular formula is C14H21N3S. The van der Waals surface area contributed by atoms with E-state index in [0.29, 0.717) is 23.0 Å². The summed E-state index contributed by atoms with van der Waals surface area (Å²) in [7, 11) is 0. The maximum absolute atomic E-state index is 5.07. The first-order chi connectivity index (χ1) is 8.55. The van der Waals surface area contributed by atoms with Gasteiger partial charge in [-0.05, 0) is 47.9 Å². The molecule has 0 unspecified atom stereocenters. The lowest BCUT2D eigenvalue weighted by atomic mass is 9.49. The zero-order chi connectivity index (χ0) is 13.2. The van der Waals surface area contributed by atoms with Gasteiger partial charge in [0.25, 0.3) is 0 Å². The summed E-state index contributed by atoms with van der Waals surface area (Å²) in [5.41, 5.74) is 4.62. The molecule has 2 atom stereocenters. The first-order valence-electron chi connectivity index (χ1n) is 6.43. The van der Waals surface area contributed by atoms with Crippen molar-refractivity contribution >= 4 is 23.5 Å². The van der Waals surface area contributed by atoms with Crippen molar-refractivity contribution in [1.29, 1.82) is 0 Å². The Labute approximate surface area is 114 Å². The van der Waals surface area contributed by atoms with Crippen LogP contribution in [-0.2, 0) is 0 Å². The lowest BCUT2D eigenvalue weighted by Crippen LogP contribution is -2.48. The molecule has 98 valence electrons. The van der Waals surface area contributed by atoms with Crippen molar-refractivity contribution in [2.75, 3.05) is 6.54 Å². The Bertz CT molecular complexity index is 409. The second kappa shape index (κ2) is 5.22. The Morgan fingerprint density at radius 3 is 3.06 bits per heavy atom. The standard InChI is InChI=1S/C14H21N3S/c1-4-7-15-13(18)17-16-9-10-5-6-11-8-12(10)14(11,2)3/h4-5,9,11-12H,1,6-8H2,2-3H3,(H2,15,17,18)/b16-9-/t11-,12-/m1/s1. The Hall–Kier alpha value is -1.16. The van der Waals surface area contributed by atoms with Crippen LogP contribution in [0.3, 0.4) is 0 Å². The minimum atomic E-state index is 0.442. The van der Waals surface area contributed by atoms with Crippen LogP contribution < -0.4 is 10.7 Å². The van der Waals surface area contributed by atoms with Crippen molar-refractivity contribution in [1.82, 2.24) is 10.7 Å². The first kappa shape index (κ1) is 13.3. The fourth-order valence-electron chi connectivity index (χ4n) is 2.91. The van der Waals surface area contributed by atoms with Gasteiger partial charge < -0.3 is 5.32 Å². The Kier molecular flexibility index (Phi) is 3.85. The molecule has 0 aromatic rings. The zero-order valence-corrected chi connectivity index (χ0v) is 11.9. The van der Waals surface area contributed by atoms with Crippen molar-refractivity contribution in [3.63, 3.8) is 0 Å². The van der Waals surface area contributed by atoms with Gasteiger partial charge in [0.2, 0.25) is 0 Å². The number of hydrogen-bond acceptors (Lipinski definition) is 2. The van der Waals surface area contributed by atoms with E-state index >= 15 is 0 Å². The van der Waals surface area contributed by atoms with Crippen molar-refractivity contribution in [3.05, 3.63) is 24.3 Å². The van der Waals surface area contributed by atoms with Gasteiger partial charge in [0.05, 0.1) is 6.21 Å². The molecule has 4 heteroatoms. The number of rotatable bonds is 4. The quantitative estimate of drug-likeness (QED) is 0.354. The van der Waals surface area contributed by atoms with Crippen molar-refractivity contribution in [2.45, 2.75) is 26.7 Å². The van der Waals surface area contributed by atoms with Crippen LogP contribution in [0.4, 0.5) is 0 Å². The Balaban J connectivity index is 1.85. The molecule has 0 spiro atoms. The number of fused-ring (bicyclic) bond motifs is 1. The SMILES string of the molecule is C=CCNC(=S)N/N=C\C1=CC[C@@H]2C[C@H]1C2(C)C. The largest absolute Gasteiger partial charge is 0.358 e. The average Bonchev–Trinajstić information content (AvgIpc) is 2.36. The van der Waals surface area contributed by atoms with E-state index in [-0.39, 0.29) is 0 Å². The highest BCUT2D eigenvalue weighted by Gasteiger charge is 2.50. The van der Waals surface area contributed by atoms with Gasteiger partial charge in [0.1, 0.15) is 0 Å². The smallest absolute Gasteiger partial charge is 0.187 e. The van der Waals surface area contributed by atoms with E-state index in [1.165, 1.54) is 18.4 Å². The molecule has 3 nitrogen and oxygen atoms in total. The molecule has 3 rings (SSSR count). The minimum absolute atomic E-state index is 0.442. The van der Waals surface area contributed by atoms with Crippen LogP contribution in [0.5, 0.6) is 0 Å². The van der Waals surface area contributed by atoms with Crippen molar-refractivity contribution < 1.29 is 0 Å². The summed E-state index contributed by atoms with van der Waals surface area (Å²) in [5.74, 6) is 1.53. The molecule has 0 saturated heterocycles. The zero-order valence-electron chi connectivity index (χ0n) is 11.1. The normalized spacial score (nSPS) is 28.2. The van der Waals surface area contributed by atoms with Gasteiger partial charge in [0, 0.05) is 6.54 Å². The Morgan fingerprint density at radius 2 is 2.44 bits per heavy atom. The third-order valence-electron chi connectivity index (χ3n) is 4.30. The van der Waals surface area contributed by atoms with Crippen molar-refractivity contribution in [2.24, 2.45) is 22.4 Å². The molecule has 3 aliphatic rings. The van der Waals surface area contributed by atoms with Crippen molar-refractivity contribution in [3.8, 4) is 0 Å². The molecule has 1 fully saturated rings. The van der Waals surface area contributed by atoms with Gasteiger partial charge >= 0.3 is 0 Å². The van der Waals surface area contributed by atoms with Crippen LogP contribution in [0.25, 0.3) is 0 Å². The van der Waals surface area contributed by atoms with Crippen LogP contribution >= 0.6 is 12.2 Å². The Morgan fingerprint density at radius 1 is 1.67 bits per heavy atom. The van der Waals surface area contributed by atoms with E-state index in [9.17, 15) is 0 Å². The molecule has 1 saturated carbocycles. The maximum atomic E-state index is 5.07. The number of allylic oxidation sites excluding steroid dienone is 2. The van der Waals surface area contributed by atoms with Crippen LogP contribution in [0.1, 0.15) is 26.7 Å². The van der Waals surface area contributed by atoms with Crippen LogP contribution in [-0.4, -0.2) is 17.9 Å². The predicted molar refractivity (Wildman–Crippen MR) is 80.5 cm³/mol. The topological polar surface area (TPSA) is 36.4 Å². The average molecular weight is 263 g/mol. The highest BCUT2D eigenvalue weighted by Crippen LogP contribution is 2.58. The first-order valence-corrected chi connectivity index (χ1v) is 6.84. The van der Waals surface area contributed by atoms with Crippen LogP contribution in [0, 0.1) is 17.3 Å². The van der Waals surface area contributed by atoms with E-state index in [4.69, 9.17) is 12.2 Å². The van der Waals surface area contributed by atoms with E-state index in [1.54, 1.807) is 6.08 Å². The predicted octanol–water partition coefficient (Wildman–Crippen LogP) is 2.61. The summed E-state index contributed by atoms with van der Waals surface area (Å²) in [5, 5.41) is 7.72. The van der Waals surface area contributed by atoms with E-state index < -0.39 is 0 Å². The lowest BCUT2D eigenvalue weighted by Gasteiger charge is -2.55. The molecule has 2 N–H and O–H groups in total. The number of nitrogens with one attached hydrogen (secondary N) is 2. The summed E-state index contributed by atoms with van der Waals surface area (Å²) < 4.78 is 0. The second-order valence-corrected chi connectivity index (χ2v) is 6.02. The molecule has 0 aromatic carbocycles. The summed E-state index contributed by atoms with van der Waals surface area (Å²) in [6.45, 7) is 8.99. The minimum Gasteiger partial charge on any atom is -0.358 e. The third-order valence-corrected chi connectivity index (χ3v) is 4.53. The third kappa shape index (κ3) is 2.48. The summed E-state index contributed by atoms with van der Waals surface area (Å²) in [4.78, 5) is 0. The van der Waals surface area contributed by atoms with Gasteiger partial charge in [-0.3, -0.25) is 5.43 Å². The second-order valence-electron chi connectivity index (χ2n) is 5.62. The number of hydrogen-bond donors (Lipinski definition) is 2. The summed E-state index contributed by atoms with van der Waals surface area (Å²) >= 11 is 5.07.